The topological polar surface area (TPSA) is 16.1 Å². The fraction of sp³-hybridized carbons (Fsp3) is 0.583. The second kappa shape index (κ2) is 6.69. The van der Waals surface area contributed by atoms with Crippen LogP contribution in [0.15, 0.2) is 12.3 Å². The van der Waals surface area contributed by atoms with Crippen LogP contribution in [-0.4, -0.2) is 18.1 Å². The van der Waals surface area contributed by atoms with Gasteiger partial charge in [-0.3, -0.25) is 0 Å². The molecule has 1 aromatic rings. The largest absolute Gasteiger partial charge is 0.357 e. The van der Waals surface area contributed by atoms with Crippen molar-refractivity contribution in [2.75, 3.05) is 18.0 Å². The molecule has 0 bridgehead atoms. The Hall–Kier alpha value is -0.830. The van der Waals surface area contributed by atoms with E-state index in [4.69, 9.17) is 11.6 Å². The predicted molar refractivity (Wildman–Crippen MR) is 66.5 cm³/mol. The molecule has 0 aliphatic heterocycles. The molecule has 0 aromatic carbocycles. The average Bonchev–Trinajstić information content (AvgIpc) is 2.31. The number of pyridine rings is 1. The van der Waals surface area contributed by atoms with E-state index in [1.807, 2.05) is 0 Å². The lowest BCUT2D eigenvalue weighted by Crippen LogP contribution is -2.26. The zero-order chi connectivity index (χ0) is 12.0. The molecule has 0 saturated carbocycles. The van der Waals surface area contributed by atoms with Gasteiger partial charge in [-0.2, -0.15) is 0 Å². The van der Waals surface area contributed by atoms with E-state index in [0.717, 1.165) is 37.3 Å². The van der Waals surface area contributed by atoms with Crippen molar-refractivity contribution in [2.45, 2.75) is 32.6 Å². The average molecular weight is 245 g/mol. The van der Waals surface area contributed by atoms with Crippen LogP contribution >= 0.6 is 11.6 Å². The van der Waals surface area contributed by atoms with Crippen LogP contribution in [0.2, 0.25) is 0 Å². The Bertz CT molecular complexity index is 331. The molecule has 1 rings (SSSR count). The van der Waals surface area contributed by atoms with Gasteiger partial charge in [-0.15, -0.1) is 11.6 Å². The molecule has 16 heavy (non-hydrogen) atoms. The Morgan fingerprint density at radius 3 is 2.75 bits per heavy atom. The molecule has 0 N–H and O–H groups in total. The Balaban J connectivity index is 2.90. The van der Waals surface area contributed by atoms with Gasteiger partial charge >= 0.3 is 0 Å². The summed E-state index contributed by atoms with van der Waals surface area (Å²) in [6.45, 7) is 6.02. The molecule has 90 valence electrons. The Morgan fingerprint density at radius 2 is 2.19 bits per heavy atom. The van der Waals surface area contributed by atoms with Crippen LogP contribution in [0.3, 0.4) is 0 Å². The fourth-order valence-corrected chi connectivity index (χ4v) is 1.82. The number of aromatic nitrogens is 1. The zero-order valence-corrected chi connectivity index (χ0v) is 10.6. The van der Waals surface area contributed by atoms with Crippen molar-refractivity contribution < 1.29 is 4.39 Å². The maximum Gasteiger partial charge on any atom is 0.141 e. The summed E-state index contributed by atoms with van der Waals surface area (Å²) in [6.07, 6.45) is 3.49. The highest BCUT2D eigenvalue weighted by atomic mass is 35.5. The number of hydrogen-bond donors (Lipinski definition) is 0. The number of rotatable bonds is 6. The van der Waals surface area contributed by atoms with Crippen LogP contribution < -0.4 is 4.90 Å². The quantitative estimate of drug-likeness (QED) is 0.711. The minimum atomic E-state index is -0.328. The minimum absolute atomic E-state index is 0.294. The minimum Gasteiger partial charge on any atom is -0.357 e. The molecule has 1 aromatic heterocycles. The maximum atomic E-state index is 13.0. The van der Waals surface area contributed by atoms with E-state index in [2.05, 4.69) is 23.7 Å². The Labute approximate surface area is 101 Å². The smallest absolute Gasteiger partial charge is 0.141 e. The summed E-state index contributed by atoms with van der Waals surface area (Å²) in [4.78, 5) is 6.28. The highest BCUT2D eigenvalue weighted by molar-refractivity contribution is 6.17. The third kappa shape index (κ3) is 3.34. The Morgan fingerprint density at radius 1 is 1.44 bits per heavy atom. The molecule has 0 aliphatic carbocycles. The molecule has 4 heteroatoms. The second-order valence-corrected chi connectivity index (χ2v) is 3.97. The lowest BCUT2D eigenvalue weighted by Gasteiger charge is -2.23. The van der Waals surface area contributed by atoms with Crippen LogP contribution in [0.4, 0.5) is 10.2 Å². The first-order valence-electron chi connectivity index (χ1n) is 5.68. The number of unbranched alkanes of at least 4 members (excludes halogenated alkanes) is 1. The lowest BCUT2D eigenvalue weighted by molar-refractivity contribution is 0.617. The summed E-state index contributed by atoms with van der Waals surface area (Å²) in [6, 6.07) is 1.46. The molecule has 0 amide bonds. The zero-order valence-electron chi connectivity index (χ0n) is 9.84. The van der Waals surface area contributed by atoms with Crippen molar-refractivity contribution >= 4 is 17.4 Å². The van der Waals surface area contributed by atoms with Gasteiger partial charge in [0.25, 0.3) is 0 Å². The summed E-state index contributed by atoms with van der Waals surface area (Å²) < 4.78 is 13.0. The van der Waals surface area contributed by atoms with Crippen LogP contribution in [-0.2, 0) is 5.88 Å². The van der Waals surface area contributed by atoms with Crippen molar-refractivity contribution in [3.8, 4) is 0 Å². The maximum absolute atomic E-state index is 13.0. The monoisotopic (exact) mass is 244 g/mol. The van der Waals surface area contributed by atoms with Crippen LogP contribution in [0.5, 0.6) is 0 Å². The number of hydrogen-bond acceptors (Lipinski definition) is 2. The van der Waals surface area contributed by atoms with E-state index in [1.165, 1.54) is 12.3 Å². The summed E-state index contributed by atoms with van der Waals surface area (Å²) in [5.41, 5.74) is 0.764. The van der Waals surface area contributed by atoms with Gasteiger partial charge in [0, 0.05) is 18.7 Å². The van der Waals surface area contributed by atoms with Gasteiger partial charge in [0.15, 0.2) is 0 Å². The first-order valence-corrected chi connectivity index (χ1v) is 6.21. The third-order valence-corrected chi connectivity index (χ3v) is 2.80. The molecule has 0 fully saturated rings. The normalized spacial score (nSPS) is 10.5. The van der Waals surface area contributed by atoms with E-state index in [-0.39, 0.29) is 5.82 Å². The number of halogens is 2. The summed E-state index contributed by atoms with van der Waals surface area (Å²) in [7, 11) is 0. The first-order chi connectivity index (χ1) is 7.72. The van der Waals surface area contributed by atoms with Crippen LogP contribution in [0, 0.1) is 5.82 Å². The van der Waals surface area contributed by atoms with E-state index in [9.17, 15) is 4.39 Å². The number of nitrogens with zero attached hydrogens (tertiary/aromatic N) is 2. The van der Waals surface area contributed by atoms with E-state index < -0.39 is 0 Å². The lowest BCUT2D eigenvalue weighted by atomic mass is 10.2. The van der Waals surface area contributed by atoms with E-state index in [1.54, 1.807) is 0 Å². The second-order valence-electron chi connectivity index (χ2n) is 3.70. The highest BCUT2D eigenvalue weighted by Crippen LogP contribution is 2.20. The molecule has 0 radical (unpaired) electrons. The van der Waals surface area contributed by atoms with Crippen molar-refractivity contribution in [3.05, 3.63) is 23.6 Å². The SMILES string of the molecule is CCCCN(CC)c1ncc(F)cc1CCl. The third-order valence-electron chi connectivity index (χ3n) is 2.52. The first kappa shape index (κ1) is 13.2. The molecule has 0 unspecified atom stereocenters. The molecule has 0 spiro atoms. The molecule has 0 aliphatic rings. The van der Waals surface area contributed by atoms with Crippen molar-refractivity contribution in [3.63, 3.8) is 0 Å². The van der Waals surface area contributed by atoms with Gasteiger partial charge in [0.2, 0.25) is 0 Å². The van der Waals surface area contributed by atoms with Crippen LogP contribution in [0.25, 0.3) is 0 Å². The Kier molecular flexibility index (Phi) is 5.53. The van der Waals surface area contributed by atoms with Gasteiger partial charge in [-0.05, 0) is 19.4 Å². The molecule has 0 saturated heterocycles. The van der Waals surface area contributed by atoms with Gasteiger partial charge < -0.3 is 4.90 Å². The van der Waals surface area contributed by atoms with Crippen LogP contribution in [0.1, 0.15) is 32.3 Å². The molecule has 0 atom stereocenters. The molecule has 2 nitrogen and oxygen atoms in total. The summed E-state index contributed by atoms with van der Waals surface area (Å²) in [5.74, 6) is 0.779. The highest BCUT2D eigenvalue weighted by Gasteiger charge is 2.11. The molecule has 1 heterocycles. The van der Waals surface area contributed by atoms with Crippen molar-refractivity contribution in [2.24, 2.45) is 0 Å². The predicted octanol–water partition coefficient (Wildman–Crippen LogP) is 3.59. The van der Waals surface area contributed by atoms with E-state index >= 15 is 0 Å². The number of alkyl halides is 1. The number of anilines is 1. The van der Waals surface area contributed by atoms with Crippen molar-refractivity contribution in [1.29, 1.82) is 0 Å². The fourth-order valence-electron chi connectivity index (χ4n) is 1.62. The van der Waals surface area contributed by atoms with Gasteiger partial charge in [0.1, 0.15) is 11.6 Å². The summed E-state index contributed by atoms with van der Waals surface area (Å²) in [5, 5.41) is 0. The van der Waals surface area contributed by atoms with Crippen molar-refractivity contribution in [1.82, 2.24) is 4.98 Å². The molecular formula is C12H18ClFN2. The van der Waals surface area contributed by atoms with Gasteiger partial charge in [0.05, 0.1) is 12.1 Å². The van der Waals surface area contributed by atoms with E-state index in [0.29, 0.717) is 5.88 Å². The summed E-state index contributed by atoms with van der Waals surface area (Å²) >= 11 is 5.81. The standard InChI is InChI=1S/C12H18ClFN2/c1-3-5-6-16(4-2)12-10(8-13)7-11(14)9-15-12/h7,9H,3-6,8H2,1-2H3. The molecular weight excluding hydrogens is 227 g/mol. The van der Waals surface area contributed by atoms with Gasteiger partial charge in [-0.25, -0.2) is 9.37 Å². The van der Waals surface area contributed by atoms with Gasteiger partial charge in [-0.1, -0.05) is 13.3 Å².